The number of carbonyl (C=O) groups is 2. The highest BCUT2D eigenvalue weighted by Crippen LogP contribution is 2.39. The summed E-state index contributed by atoms with van der Waals surface area (Å²) in [5, 5.41) is 16.0. The number of amides is 1. The van der Waals surface area contributed by atoms with E-state index >= 15 is 0 Å². The van der Waals surface area contributed by atoms with Gasteiger partial charge in [0.2, 0.25) is 5.91 Å². The third-order valence-electron chi connectivity index (χ3n) is 5.80. The Kier molecular flexibility index (Phi) is 7.07. The molecule has 1 N–H and O–H groups in total. The van der Waals surface area contributed by atoms with Crippen LogP contribution in [0.15, 0.2) is 47.6 Å². The van der Waals surface area contributed by atoms with Crippen molar-refractivity contribution in [3.63, 3.8) is 0 Å². The molecule has 35 heavy (non-hydrogen) atoms. The lowest BCUT2D eigenvalue weighted by Gasteiger charge is -2.23. The molecule has 0 saturated heterocycles. The molecule has 2 aromatic carbocycles. The quantitative estimate of drug-likeness (QED) is 0.457. The fourth-order valence-electron chi connectivity index (χ4n) is 4.00. The summed E-state index contributed by atoms with van der Waals surface area (Å²) in [4.78, 5) is 28.6. The number of carboxylic acid groups (broad SMARTS) is 1. The Morgan fingerprint density at radius 3 is 2.49 bits per heavy atom. The second kappa shape index (κ2) is 10.2. The van der Waals surface area contributed by atoms with Gasteiger partial charge in [0.05, 0.1) is 45.0 Å². The largest absolute Gasteiger partial charge is 0.497 e. The first kappa shape index (κ1) is 24.3. The summed E-state index contributed by atoms with van der Waals surface area (Å²) >= 11 is 6.59. The molecule has 0 bridgehead atoms. The number of aromatic nitrogens is 1. The SMILES string of the molecule is COc1ccc2cc([C@H]3CC(c4ccc(OC)c(OC)c4)=NN3C(=O)CCC(=O)O)c(Cl)nc2c1. The molecule has 1 aromatic heterocycles. The Labute approximate surface area is 206 Å². The molecule has 0 fully saturated rings. The first-order valence-electron chi connectivity index (χ1n) is 10.8. The lowest BCUT2D eigenvalue weighted by molar-refractivity contribution is -0.141. The van der Waals surface area contributed by atoms with Gasteiger partial charge in [0.25, 0.3) is 0 Å². The summed E-state index contributed by atoms with van der Waals surface area (Å²) < 4.78 is 16.0. The number of fused-ring (bicyclic) bond motifs is 1. The highest BCUT2D eigenvalue weighted by Gasteiger charge is 2.35. The van der Waals surface area contributed by atoms with E-state index in [-0.39, 0.29) is 18.0 Å². The normalized spacial score (nSPS) is 15.1. The number of pyridine rings is 1. The van der Waals surface area contributed by atoms with E-state index in [2.05, 4.69) is 10.1 Å². The maximum Gasteiger partial charge on any atom is 0.303 e. The molecule has 0 radical (unpaired) electrons. The topological polar surface area (TPSA) is 111 Å². The van der Waals surface area contributed by atoms with Crippen LogP contribution in [0, 0.1) is 0 Å². The Morgan fingerprint density at radius 2 is 1.80 bits per heavy atom. The molecule has 1 amide bonds. The van der Waals surface area contributed by atoms with Crippen molar-refractivity contribution >= 4 is 40.1 Å². The average Bonchev–Trinajstić information content (AvgIpc) is 3.31. The molecular formula is C25H24ClN3O6. The van der Waals surface area contributed by atoms with E-state index in [4.69, 9.17) is 30.9 Å². The number of carboxylic acids is 1. The molecule has 0 aliphatic carbocycles. The van der Waals surface area contributed by atoms with Crippen molar-refractivity contribution in [2.45, 2.75) is 25.3 Å². The van der Waals surface area contributed by atoms with Crippen molar-refractivity contribution < 1.29 is 28.9 Å². The van der Waals surface area contributed by atoms with Gasteiger partial charge in [0.1, 0.15) is 10.9 Å². The molecule has 0 saturated carbocycles. The van der Waals surface area contributed by atoms with Gasteiger partial charge < -0.3 is 19.3 Å². The molecule has 9 nitrogen and oxygen atoms in total. The summed E-state index contributed by atoms with van der Waals surface area (Å²) in [6, 6.07) is 12.2. The minimum atomic E-state index is -1.06. The van der Waals surface area contributed by atoms with Crippen LogP contribution in [0.1, 0.15) is 36.4 Å². The van der Waals surface area contributed by atoms with Gasteiger partial charge in [-0.15, -0.1) is 0 Å². The first-order chi connectivity index (χ1) is 16.8. The zero-order chi connectivity index (χ0) is 25.1. The van der Waals surface area contributed by atoms with Crippen molar-refractivity contribution in [1.82, 2.24) is 9.99 Å². The van der Waals surface area contributed by atoms with E-state index < -0.39 is 17.9 Å². The van der Waals surface area contributed by atoms with Crippen LogP contribution in [0.3, 0.4) is 0 Å². The summed E-state index contributed by atoms with van der Waals surface area (Å²) in [6.45, 7) is 0. The third-order valence-corrected chi connectivity index (χ3v) is 6.10. The lowest BCUT2D eigenvalue weighted by Crippen LogP contribution is -2.27. The zero-order valence-corrected chi connectivity index (χ0v) is 20.2. The first-order valence-corrected chi connectivity index (χ1v) is 11.2. The van der Waals surface area contributed by atoms with E-state index in [0.29, 0.717) is 40.5 Å². The molecule has 0 spiro atoms. The fourth-order valence-corrected chi connectivity index (χ4v) is 4.27. The monoisotopic (exact) mass is 497 g/mol. The van der Waals surface area contributed by atoms with Gasteiger partial charge in [0, 0.05) is 35.4 Å². The van der Waals surface area contributed by atoms with E-state index in [1.54, 1.807) is 32.4 Å². The van der Waals surface area contributed by atoms with Gasteiger partial charge in [-0.05, 0) is 36.4 Å². The van der Waals surface area contributed by atoms with Gasteiger partial charge in [-0.1, -0.05) is 11.6 Å². The Hall–Kier alpha value is -3.85. The molecule has 182 valence electrons. The van der Waals surface area contributed by atoms with Gasteiger partial charge in [-0.2, -0.15) is 5.10 Å². The molecule has 0 unspecified atom stereocenters. The van der Waals surface area contributed by atoms with E-state index in [1.807, 2.05) is 24.3 Å². The molecule has 1 aliphatic rings. The predicted octanol–water partition coefficient (Wildman–Crippen LogP) is 4.46. The van der Waals surface area contributed by atoms with E-state index in [9.17, 15) is 9.59 Å². The molecule has 1 aliphatic heterocycles. The van der Waals surface area contributed by atoms with Crippen LogP contribution in [-0.4, -0.2) is 54.0 Å². The molecule has 2 heterocycles. The number of carbonyl (C=O) groups excluding carboxylic acids is 1. The predicted molar refractivity (Wildman–Crippen MR) is 130 cm³/mol. The molecule has 4 rings (SSSR count). The number of methoxy groups -OCH3 is 3. The van der Waals surface area contributed by atoms with Gasteiger partial charge in [0.15, 0.2) is 11.5 Å². The second-order valence-corrected chi connectivity index (χ2v) is 8.25. The summed E-state index contributed by atoms with van der Waals surface area (Å²) in [5.74, 6) is 0.271. The van der Waals surface area contributed by atoms with Crippen LogP contribution in [0.2, 0.25) is 5.15 Å². The number of aliphatic carboxylic acids is 1. The van der Waals surface area contributed by atoms with Crippen LogP contribution < -0.4 is 14.2 Å². The van der Waals surface area contributed by atoms with E-state index in [0.717, 1.165) is 10.9 Å². The number of rotatable bonds is 8. The van der Waals surface area contributed by atoms with Crippen LogP contribution in [0.4, 0.5) is 0 Å². The third kappa shape index (κ3) is 5.00. The summed E-state index contributed by atoms with van der Waals surface area (Å²) in [7, 11) is 4.66. The number of hydrogen-bond donors (Lipinski definition) is 1. The van der Waals surface area contributed by atoms with Crippen LogP contribution >= 0.6 is 11.6 Å². The molecule has 10 heteroatoms. The summed E-state index contributed by atoms with van der Waals surface area (Å²) in [5.41, 5.74) is 2.65. The van der Waals surface area contributed by atoms with Crippen LogP contribution in [-0.2, 0) is 9.59 Å². The van der Waals surface area contributed by atoms with Gasteiger partial charge in [-0.25, -0.2) is 9.99 Å². The highest BCUT2D eigenvalue weighted by atomic mass is 35.5. The maximum atomic E-state index is 13.0. The average molecular weight is 498 g/mol. The number of hydrazone groups is 1. The lowest BCUT2D eigenvalue weighted by atomic mass is 9.98. The van der Waals surface area contributed by atoms with Crippen molar-refractivity contribution in [2.24, 2.45) is 5.10 Å². The Balaban J connectivity index is 1.75. The minimum Gasteiger partial charge on any atom is -0.497 e. The van der Waals surface area contributed by atoms with E-state index in [1.165, 1.54) is 12.1 Å². The minimum absolute atomic E-state index is 0.190. The Morgan fingerprint density at radius 1 is 1.03 bits per heavy atom. The van der Waals surface area contributed by atoms with Gasteiger partial charge >= 0.3 is 5.97 Å². The zero-order valence-electron chi connectivity index (χ0n) is 19.4. The van der Waals surface area contributed by atoms with Crippen molar-refractivity contribution in [3.8, 4) is 17.2 Å². The second-order valence-electron chi connectivity index (χ2n) is 7.90. The summed E-state index contributed by atoms with van der Waals surface area (Å²) in [6.07, 6.45) is -0.130. The van der Waals surface area contributed by atoms with Crippen molar-refractivity contribution in [2.75, 3.05) is 21.3 Å². The standard InChI is InChI=1S/C25H24ClN3O6/c1-33-16-6-4-14-10-17(25(26)27-18(14)12-16)20-13-19(28-29(20)23(30)8-9-24(31)32)15-5-7-21(34-2)22(11-15)35-3/h4-7,10-12,20H,8-9,13H2,1-3H3,(H,31,32)/t20-/m1/s1. The fraction of sp³-hybridized carbons (Fsp3) is 0.280. The van der Waals surface area contributed by atoms with Gasteiger partial charge in [-0.3, -0.25) is 9.59 Å². The van der Waals surface area contributed by atoms with Crippen molar-refractivity contribution in [1.29, 1.82) is 0 Å². The van der Waals surface area contributed by atoms with Crippen molar-refractivity contribution in [3.05, 3.63) is 58.7 Å². The maximum absolute atomic E-state index is 13.0. The molecule has 3 aromatic rings. The number of nitrogens with zero attached hydrogens (tertiary/aromatic N) is 3. The number of halogens is 1. The van der Waals surface area contributed by atoms with Crippen LogP contribution in [0.25, 0.3) is 10.9 Å². The molecule has 1 atom stereocenters. The van der Waals surface area contributed by atoms with Crippen LogP contribution in [0.5, 0.6) is 17.2 Å². The number of hydrogen-bond acceptors (Lipinski definition) is 7. The number of ether oxygens (including phenoxy) is 3. The highest BCUT2D eigenvalue weighted by molar-refractivity contribution is 6.30. The number of benzene rings is 2. The Bertz CT molecular complexity index is 1330. The molecular weight excluding hydrogens is 474 g/mol. The smallest absolute Gasteiger partial charge is 0.303 e.